The summed E-state index contributed by atoms with van der Waals surface area (Å²) in [4.78, 5) is 0. The molecule has 80 valence electrons. The molecule has 0 bridgehead atoms. The minimum atomic E-state index is 1.13. The van der Waals surface area contributed by atoms with Crippen LogP contribution in [0.4, 0.5) is 0 Å². The first-order chi connectivity index (χ1) is 7.36. The zero-order valence-electron chi connectivity index (χ0n) is 9.58. The lowest BCUT2D eigenvalue weighted by Crippen LogP contribution is -1.84. The summed E-state index contributed by atoms with van der Waals surface area (Å²) >= 11 is 0. The molecule has 0 aliphatic heterocycles. The predicted molar refractivity (Wildman–Crippen MR) is 68.8 cm³/mol. The van der Waals surface area contributed by atoms with Crippen molar-refractivity contribution in [1.29, 1.82) is 0 Å². The fraction of sp³-hybridized carbons (Fsp3) is 0.333. The van der Waals surface area contributed by atoms with Crippen molar-refractivity contribution in [3.63, 3.8) is 0 Å². The second kappa shape index (κ2) is 7.05. The van der Waals surface area contributed by atoms with Gasteiger partial charge in [-0.15, -0.1) is 0 Å². The minimum Gasteiger partial charge on any atom is -0.0991 e. The first-order valence-corrected chi connectivity index (χ1v) is 5.72. The molecule has 0 saturated carbocycles. The standard InChI is InChI=1S/C15H20/c1-3-8-14(9-4-2)12-13-15-10-6-5-7-11-15/h3,5-6,8,10,12-13H,1,4,7,9,11H2,2H3. The van der Waals surface area contributed by atoms with Gasteiger partial charge in [0.25, 0.3) is 0 Å². The van der Waals surface area contributed by atoms with E-state index < -0.39 is 0 Å². The molecular formula is C15H20. The molecule has 0 saturated heterocycles. The van der Waals surface area contributed by atoms with E-state index in [1.807, 2.05) is 6.08 Å². The summed E-state index contributed by atoms with van der Waals surface area (Å²) in [6.07, 6.45) is 19.6. The first-order valence-electron chi connectivity index (χ1n) is 5.72. The van der Waals surface area contributed by atoms with Gasteiger partial charge in [-0.25, -0.2) is 0 Å². The van der Waals surface area contributed by atoms with Crippen LogP contribution in [-0.2, 0) is 0 Å². The Morgan fingerprint density at radius 2 is 2.40 bits per heavy atom. The summed E-state index contributed by atoms with van der Waals surface area (Å²) in [6.45, 7) is 5.94. The molecule has 1 aliphatic rings. The van der Waals surface area contributed by atoms with Crippen LogP contribution in [0.15, 0.2) is 60.3 Å². The highest BCUT2D eigenvalue weighted by Gasteiger charge is 1.95. The summed E-state index contributed by atoms with van der Waals surface area (Å²) in [6, 6.07) is 0. The molecule has 0 spiro atoms. The van der Waals surface area contributed by atoms with E-state index in [0.29, 0.717) is 0 Å². The van der Waals surface area contributed by atoms with Gasteiger partial charge in [0, 0.05) is 0 Å². The fourth-order valence-corrected chi connectivity index (χ4v) is 1.64. The molecule has 0 N–H and O–H groups in total. The Hall–Kier alpha value is -1.30. The average molecular weight is 200 g/mol. The Labute approximate surface area is 93.4 Å². The van der Waals surface area contributed by atoms with Crippen LogP contribution in [0, 0.1) is 0 Å². The van der Waals surface area contributed by atoms with E-state index in [1.165, 1.54) is 30.4 Å². The molecule has 0 heterocycles. The molecule has 0 heteroatoms. The molecule has 1 rings (SSSR count). The zero-order valence-corrected chi connectivity index (χ0v) is 9.58. The van der Waals surface area contributed by atoms with Gasteiger partial charge in [-0.1, -0.05) is 62.5 Å². The Morgan fingerprint density at radius 3 is 3.00 bits per heavy atom. The van der Waals surface area contributed by atoms with Crippen molar-refractivity contribution in [1.82, 2.24) is 0 Å². The molecule has 0 aromatic heterocycles. The van der Waals surface area contributed by atoms with Crippen LogP contribution in [0.5, 0.6) is 0 Å². The van der Waals surface area contributed by atoms with Gasteiger partial charge in [0.1, 0.15) is 0 Å². The molecule has 0 atom stereocenters. The monoisotopic (exact) mass is 200 g/mol. The number of rotatable bonds is 5. The third-order valence-corrected chi connectivity index (χ3v) is 2.43. The van der Waals surface area contributed by atoms with Gasteiger partial charge >= 0.3 is 0 Å². The van der Waals surface area contributed by atoms with E-state index in [2.05, 4.69) is 50.0 Å². The Bertz CT molecular complexity index is 311. The number of hydrogen-bond donors (Lipinski definition) is 0. The third kappa shape index (κ3) is 4.64. The molecule has 1 aliphatic carbocycles. The Morgan fingerprint density at radius 1 is 1.53 bits per heavy atom. The first kappa shape index (κ1) is 11.8. The van der Waals surface area contributed by atoms with Crippen molar-refractivity contribution < 1.29 is 0 Å². The van der Waals surface area contributed by atoms with Crippen LogP contribution in [0.3, 0.4) is 0 Å². The fourth-order valence-electron chi connectivity index (χ4n) is 1.64. The molecule has 0 radical (unpaired) electrons. The van der Waals surface area contributed by atoms with Crippen molar-refractivity contribution >= 4 is 0 Å². The van der Waals surface area contributed by atoms with Crippen molar-refractivity contribution in [3.05, 3.63) is 60.3 Å². The van der Waals surface area contributed by atoms with Gasteiger partial charge in [-0.2, -0.15) is 0 Å². The van der Waals surface area contributed by atoms with Crippen molar-refractivity contribution in [3.8, 4) is 0 Å². The Balaban J connectivity index is 2.60. The summed E-state index contributed by atoms with van der Waals surface area (Å²) < 4.78 is 0. The van der Waals surface area contributed by atoms with Crippen LogP contribution in [0.25, 0.3) is 0 Å². The summed E-state index contributed by atoms with van der Waals surface area (Å²) in [5.41, 5.74) is 2.78. The maximum Gasteiger partial charge on any atom is -0.0244 e. The normalized spacial score (nSPS) is 16.9. The molecule has 0 aromatic rings. The van der Waals surface area contributed by atoms with Gasteiger partial charge in [-0.05, 0) is 30.4 Å². The van der Waals surface area contributed by atoms with Crippen LogP contribution >= 0.6 is 0 Å². The topological polar surface area (TPSA) is 0 Å². The van der Waals surface area contributed by atoms with E-state index in [-0.39, 0.29) is 0 Å². The van der Waals surface area contributed by atoms with E-state index in [9.17, 15) is 0 Å². The lowest BCUT2D eigenvalue weighted by molar-refractivity contribution is 0.924. The third-order valence-electron chi connectivity index (χ3n) is 2.43. The molecule has 0 aromatic carbocycles. The largest absolute Gasteiger partial charge is 0.0991 e. The second-order valence-electron chi connectivity index (χ2n) is 3.77. The van der Waals surface area contributed by atoms with Crippen LogP contribution in [0.2, 0.25) is 0 Å². The van der Waals surface area contributed by atoms with Gasteiger partial charge in [0.2, 0.25) is 0 Å². The lowest BCUT2D eigenvalue weighted by atomic mass is 10.0. The van der Waals surface area contributed by atoms with E-state index >= 15 is 0 Å². The van der Waals surface area contributed by atoms with E-state index in [1.54, 1.807) is 0 Å². The van der Waals surface area contributed by atoms with Gasteiger partial charge < -0.3 is 0 Å². The second-order valence-corrected chi connectivity index (χ2v) is 3.77. The highest BCUT2D eigenvalue weighted by atomic mass is 14.0. The smallest absolute Gasteiger partial charge is 0.0244 e. The van der Waals surface area contributed by atoms with Gasteiger partial charge in [-0.3, -0.25) is 0 Å². The van der Waals surface area contributed by atoms with Crippen molar-refractivity contribution in [2.45, 2.75) is 32.6 Å². The molecular weight excluding hydrogens is 180 g/mol. The predicted octanol–water partition coefficient (Wildman–Crippen LogP) is 4.73. The maximum absolute atomic E-state index is 3.74. The molecule has 0 nitrogen and oxygen atoms in total. The molecule has 15 heavy (non-hydrogen) atoms. The SMILES string of the molecule is C=CC=C(C=CC1=CC=CCC1)CCC. The molecule has 0 unspecified atom stereocenters. The highest BCUT2D eigenvalue weighted by molar-refractivity contribution is 5.33. The Kier molecular flexibility index (Phi) is 5.54. The van der Waals surface area contributed by atoms with Crippen molar-refractivity contribution in [2.75, 3.05) is 0 Å². The average Bonchev–Trinajstić information content (AvgIpc) is 2.28. The van der Waals surface area contributed by atoms with Gasteiger partial charge in [0.15, 0.2) is 0 Å². The molecule has 0 fully saturated rings. The highest BCUT2D eigenvalue weighted by Crippen LogP contribution is 2.15. The summed E-state index contributed by atoms with van der Waals surface area (Å²) in [5, 5.41) is 0. The number of hydrogen-bond acceptors (Lipinski definition) is 0. The zero-order chi connectivity index (χ0) is 10.9. The van der Waals surface area contributed by atoms with Crippen LogP contribution < -0.4 is 0 Å². The van der Waals surface area contributed by atoms with Crippen molar-refractivity contribution in [2.24, 2.45) is 0 Å². The summed E-state index contributed by atoms with van der Waals surface area (Å²) in [5.74, 6) is 0. The van der Waals surface area contributed by atoms with E-state index in [4.69, 9.17) is 0 Å². The van der Waals surface area contributed by atoms with Crippen LogP contribution in [-0.4, -0.2) is 0 Å². The molecule has 0 amide bonds. The number of allylic oxidation sites excluding steroid dienone is 9. The summed E-state index contributed by atoms with van der Waals surface area (Å²) in [7, 11) is 0. The van der Waals surface area contributed by atoms with Gasteiger partial charge in [0.05, 0.1) is 0 Å². The van der Waals surface area contributed by atoms with E-state index in [0.717, 1.165) is 6.42 Å². The quantitative estimate of drug-likeness (QED) is 0.563. The maximum atomic E-state index is 3.74. The minimum absolute atomic E-state index is 1.13. The van der Waals surface area contributed by atoms with Crippen LogP contribution in [0.1, 0.15) is 32.6 Å². The lowest BCUT2D eigenvalue weighted by Gasteiger charge is -2.04.